The van der Waals surface area contributed by atoms with Crippen LogP contribution in [0.25, 0.3) is 0 Å². The Kier molecular flexibility index (Phi) is 6.77. The van der Waals surface area contributed by atoms with Crippen LogP contribution in [0.3, 0.4) is 0 Å². The quantitative estimate of drug-likeness (QED) is 0.337. The largest absolute Gasteiger partial charge is 0.496 e. The molecule has 0 aliphatic rings. The minimum absolute atomic E-state index is 0. The van der Waals surface area contributed by atoms with Crippen LogP contribution >= 0.6 is 11.8 Å². The van der Waals surface area contributed by atoms with Crippen molar-refractivity contribution in [3.63, 3.8) is 0 Å². The van der Waals surface area contributed by atoms with Gasteiger partial charge in [0, 0.05) is 0 Å². The maximum Gasteiger partial charge on any atom is 0.350 e. The lowest BCUT2D eigenvalue weighted by atomic mass is 10.3. The lowest BCUT2D eigenvalue weighted by Gasteiger charge is -2.20. The Labute approximate surface area is 133 Å². The van der Waals surface area contributed by atoms with Crippen molar-refractivity contribution >= 4 is 23.5 Å². The summed E-state index contributed by atoms with van der Waals surface area (Å²) < 4.78 is 10.6. The molecule has 0 aliphatic heterocycles. The molecule has 1 aromatic heterocycles. The number of hydrogen-bond acceptors (Lipinski definition) is 6. The van der Waals surface area contributed by atoms with E-state index < -0.39 is 6.03 Å². The molecule has 0 saturated heterocycles. The Morgan fingerprint density at radius 2 is 2.18 bits per heavy atom. The number of furan rings is 1. The zero-order chi connectivity index (χ0) is 15.2. The molecule has 0 fully saturated rings. The normalized spacial score (nSPS) is 9.77. The van der Waals surface area contributed by atoms with Crippen molar-refractivity contribution in [2.24, 2.45) is 11.7 Å². The Bertz CT molecular complexity index is 604. The van der Waals surface area contributed by atoms with E-state index in [0.717, 1.165) is 15.7 Å². The van der Waals surface area contributed by atoms with Crippen LogP contribution in [0.2, 0.25) is 0 Å². The highest BCUT2D eigenvalue weighted by Gasteiger charge is 2.18. The van der Waals surface area contributed by atoms with E-state index in [1.807, 2.05) is 17.6 Å². The number of rotatable bonds is 5. The number of nitrogens with one attached hydrogen (secondary N) is 1. The first-order valence-corrected chi connectivity index (χ1v) is 7.03. The molecular weight excluding hydrogens is 304 g/mol. The first kappa shape index (κ1) is 17.9. The van der Waals surface area contributed by atoms with E-state index in [9.17, 15) is 4.79 Å². The third-order valence-electron chi connectivity index (χ3n) is 2.72. The monoisotopic (exact) mass is 324 g/mol. The number of urea groups is 1. The molecule has 0 saturated carbocycles. The molecule has 0 aliphatic carbocycles. The van der Waals surface area contributed by atoms with E-state index in [2.05, 4.69) is 0 Å². The van der Waals surface area contributed by atoms with Crippen molar-refractivity contribution in [2.75, 3.05) is 12.1 Å². The Balaban J connectivity index is 0.00000242. The third-order valence-corrected chi connectivity index (χ3v) is 3.85. The van der Waals surface area contributed by atoms with E-state index in [-0.39, 0.29) is 7.43 Å². The van der Waals surface area contributed by atoms with Crippen LogP contribution in [0.1, 0.15) is 13.2 Å². The van der Waals surface area contributed by atoms with Crippen molar-refractivity contribution in [1.29, 1.82) is 0 Å². The SMILES string of the molecule is C.COc1cccc(N(N)C(=O)NN)c1SCc1ccco1. The van der Waals surface area contributed by atoms with Crippen LogP contribution in [0, 0.1) is 0 Å². The summed E-state index contributed by atoms with van der Waals surface area (Å²) in [4.78, 5) is 12.3. The van der Waals surface area contributed by atoms with E-state index in [1.165, 1.54) is 11.8 Å². The highest BCUT2D eigenvalue weighted by atomic mass is 32.2. The molecule has 0 bridgehead atoms. The van der Waals surface area contributed by atoms with Crippen molar-refractivity contribution in [2.45, 2.75) is 18.1 Å². The summed E-state index contributed by atoms with van der Waals surface area (Å²) in [5.41, 5.74) is 2.49. The van der Waals surface area contributed by atoms with Crippen molar-refractivity contribution in [3.05, 3.63) is 42.4 Å². The van der Waals surface area contributed by atoms with Gasteiger partial charge in [0.15, 0.2) is 0 Å². The Morgan fingerprint density at radius 1 is 1.41 bits per heavy atom. The second-order valence-electron chi connectivity index (χ2n) is 4.00. The zero-order valence-corrected chi connectivity index (χ0v) is 12.2. The average molecular weight is 324 g/mol. The molecule has 8 heteroatoms. The fraction of sp³-hybridized carbons (Fsp3) is 0.214. The molecule has 5 N–H and O–H groups in total. The van der Waals surface area contributed by atoms with Gasteiger partial charge in [-0.05, 0) is 24.3 Å². The molecule has 2 amide bonds. The first-order chi connectivity index (χ1) is 10.2. The second kappa shape index (κ2) is 8.32. The van der Waals surface area contributed by atoms with Crippen LogP contribution in [0.4, 0.5) is 10.5 Å². The summed E-state index contributed by atoms with van der Waals surface area (Å²) in [6, 6.07) is 8.31. The molecule has 2 rings (SSSR count). The first-order valence-electron chi connectivity index (χ1n) is 6.05. The van der Waals surface area contributed by atoms with Gasteiger partial charge in [0.1, 0.15) is 11.5 Å². The Hall–Kier alpha value is -2.16. The zero-order valence-electron chi connectivity index (χ0n) is 11.4. The van der Waals surface area contributed by atoms with Crippen molar-refractivity contribution in [3.8, 4) is 5.75 Å². The number of hydrazine groups is 2. The van der Waals surface area contributed by atoms with E-state index in [0.29, 0.717) is 17.2 Å². The lowest BCUT2D eigenvalue weighted by Crippen LogP contribution is -2.47. The average Bonchev–Trinajstić information content (AvgIpc) is 3.04. The van der Waals surface area contributed by atoms with E-state index in [1.54, 1.807) is 31.6 Å². The van der Waals surface area contributed by atoms with Crippen molar-refractivity contribution < 1.29 is 13.9 Å². The third kappa shape index (κ3) is 3.94. The molecule has 120 valence electrons. The highest BCUT2D eigenvalue weighted by Crippen LogP contribution is 2.39. The maximum atomic E-state index is 11.6. The lowest BCUT2D eigenvalue weighted by molar-refractivity contribution is 0.246. The smallest absolute Gasteiger partial charge is 0.350 e. The number of nitrogens with zero attached hydrogens (tertiary/aromatic N) is 1. The van der Waals surface area contributed by atoms with Crippen molar-refractivity contribution in [1.82, 2.24) is 5.43 Å². The predicted molar refractivity (Wildman–Crippen MR) is 87.4 cm³/mol. The molecule has 0 radical (unpaired) electrons. The number of carbonyl (C=O) groups is 1. The number of hydrogen-bond donors (Lipinski definition) is 3. The molecule has 0 atom stereocenters. The van der Waals surface area contributed by atoms with Gasteiger partial charge in [-0.15, -0.1) is 11.8 Å². The van der Waals surface area contributed by atoms with E-state index in [4.69, 9.17) is 20.8 Å². The number of anilines is 1. The summed E-state index contributed by atoms with van der Waals surface area (Å²) in [6.45, 7) is 0. The van der Waals surface area contributed by atoms with Gasteiger partial charge in [0.2, 0.25) is 0 Å². The standard InChI is InChI=1S/C13H16N4O3S.CH4/c1-19-11-6-2-5-10(17(15)13(18)16-14)12(11)21-8-9-4-3-7-20-9;/h2-7H,8,14-15H2,1H3,(H,16,18);1H4. The van der Waals surface area contributed by atoms with Gasteiger partial charge >= 0.3 is 6.03 Å². The molecule has 1 heterocycles. The molecule has 1 aromatic carbocycles. The topological polar surface area (TPSA) is 107 Å². The molecule has 22 heavy (non-hydrogen) atoms. The van der Waals surface area contributed by atoms with Gasteiger partial charge in [-0.3, -0.25) is 5.43 Å². The summed E-state index contributed by atoms with van der Waals surface area (Å²) >= 11 is 1.45. The molecular formula is C14H20N4O3S. The molecule has 0 spiro atoms. The summed E-state index contributed by atoms with van der Waals surface area (Å²) in [6.07, 6.45) is 1.61. The van der Waals surface area contributed by atoms with Gasteiger partial charge in [-0.2, -0.15) is 0 Å². The van der Waals surface area contributed by atoms with Gasteiger partial charge in [0.05, 0.1) is 29.7 Å². The summed E-state index contributed by atoms with van der Waals surface area (Å²) in [5, 5.41) is 0.937. The number of nitrogens with two attached hydrogens (primary N) is 2. The fourth-order valence-electron chi connectivity index (χ4n) is 1.72. The Morgan fingerprint density at radius 3 is 2.77 bits per heavy atom. The number of thioether (sulfide) groups is 1. The van der Waals surface area contributed by atoms with Gasteiger partial charge in [-0.25, -0.2) is 21.5 Å². The van der Waals surface area contributed by atoms with Crippen LogP contribution in [-0.2, 0) is 5.75 Å². The summed E-state index contributed by atoms with van der Waals surface area (Å²) in [5.74, 6) is 12.9. The fourth-order valence-corrected chi connectivity index (χ4v) is 2.78. The maximum absolute atomic E-state index is 11.6. The highest BCUT2D eigenvalue weighted by molar-refractivity contribution is 7.98. The number of methoxy groups -OCH3 is 1. The number of carbonyl (C=O) groups excluding carboxylic acids is 1. The van der Waals surface area contributed by atoms with Crippen LogP contribution in [-0.4, -0.2) is 13.1 Å². The van der Waals surface area contributed by atoms with Gasteiger partial charge in [-0.1, -0.05) is 13.5 Å². The van der Waals surface area contributed by atoms with Crippen LogP contribution in [0.15, 0.2) is 45.9 Å². The number of amides is 2. The molecule has 2 aromatic rings. The van der Waals surface area contributed by atoms with Gasteiger partial charge in [0.25, 0.3) is 0 Å². The van der Waals surface area contributed by atoms with Crippen LogP contribution < -0.4 is 26.9 Å². The van der Waals surface area contributed by atoms with E-state index >= 15 is 0 Å². The molecule has 0 unspecified atom stereocenters. The molecule has 7 nitrogen and oxygen atoms in total. The second-order valence-corrected chi connectivity index (χ2v) is 4.98. The number of ether oxygens (including phenoxy) is 1. The van der Waals surface area contributed by atoms with Crippen LogP contribution in [0.5, 0.6) is 5.75 Å². The predicted octanol–water partition coefficient (Wildman–Crippen LogP) is 2.48. The number of benzene rings is 1. The minimum Gasteiger partial charge on any atom is -0.496 e. The van der Waals surface area contributed by atoms with Gasteiger partial charge < -0.3 is 9.15 Å². The summed E-state index contributed by atoms with van der Waals surface area (Å²) in [7, 11) is 1.56. The minimum atomic E-state index is -0.622.